The lowest BCUT2D eigenvalue weighted by Crippen LogP contribution is -2.22. The van der Waals surface area contributed by atoms with Gasteiger partial charge < -0.3 is 0 Å². The maximum Gasteiger partial charge on any atom is 0.344 e. The van der Waals surface area contributed by atoms with Gasteiger partial charge in [-0.3, -0.25) is 4.57 Å². The van der Waals surface area contributed by atoms with Gasteiger partial charge in [-0.1, -0.05) is 42.1 Å². The Balaban J connectivity index is 1.72. The zero-order valence-electron chi connectivity index (χ0n) is 14.5. The Hall–Kier alpha value is -2.39. The number of hydrogen-bond donors (Lipinski definition) is 1. The van der Waals surface area contributed by atoms with Gasteiger partial charge in [0.1, 0.15) is 5.82 Å². The van der Waals surface area contributed by atoms with Crippen LogP contribution >= 0.6 is 11.8 Å². The van der Waals surface area contributed by atoms with Crippen LogP contribution in [0.1, 0.15) is 18.5 Å². The van der Waals surface area contributed by atoms with E-state index in [1.807, 2.05) is 37.3 Å². The fourth-order valence-corrected chi connectivity index (χ4v) is 5.29. The van der Waals surface area contributed by atoms with Crippen LogP contribution in [0, 0.1) is 5.82 Å². The van der Waals surface area contributed by atoms with Crippen LogP contribution < -0.4 is 5.69 Å². The van der Waals surface area contributed by atoms with Crippen LogP contribution in [0.5, 0.6) is 0 Å². The summed E-state index contributed by atoms with van der Waals surface area (Å²) in [5.74, 6) is -0.422. The highest BCUT2D eigenvalue weighted by Crippen LogP contribution is 2.23. The SMILES string of the molecule is CC(c1ccccc1)n1c(SCCS(=O)(=O)c2ccc(F)cc2)n[nH]c1=O. The Morgan fingerprint density at radius 1 is 1.15 bits per heavy atom. The van der Waals surface area contributed by atoms with Gasteiger partial charge in [0.25, 0.3) is 0 Å². The Kier molecular flexibility index (Phi) is 5.81. The molecule has 0 bridgehead atoms. The lowest BCUT2D eigenvalue weighted by Gasteiger charge is -2.14. The molecular formula is C18H18FN3O3S2. The van der Waals surface area contributed by atoms with E-state index in [-0.39, 0.29) is 28.1 Å². The highest BCUT2D eigenvalue weighted by atomic mass is 32.2. The molecule has 3 rings (SSSR count). The summed E-state index contributed by atoms with van der Waals surface area (Å²) in [4.78, 5) is 12.2. The highest BCUT2D eigenvalue weighted by Gasteiger charge is 2.19. The highest BCUT2D eigenvalue weighted by molar-refractivity contribution is 8.00. The first-order valence-electron chi connectivity index (χ1n) is 8.21. The molecular weight excluding hydrogens is 389 g/mol. The van der Waals surface area contributed by atoms with Crippen molar-refractivity contribution in [3.05, 3.63) is 76.5 Å². The second-order valence-electron chi connectivity index (χ2n) is 5.89. The minimum atomic E-state index is -3.54. The summed E-state index contributed by atoms with van der Waals surface area (Å²) in [5, 5.41) is 6.85. The average molecular weight is 407 g/mol. The van der Waals surface area contributed by atoms with E-state index < -0.39 is 15.7 Å². The molecule has 1 aromatic heterocycles. The van der Waals surface area contributed by atoms with Crippen molar-refractivity contribution in [3.63, 3.8) is 0 Å². The number of sulfone groups is 1. The van der Waals surface area contributed by atoms with Crippen molar-refractivity contribution >= 4 is 21.6 Å². The Bertz CT molecular complexity index is 1060. The first-order valence-corrected chi connectivity index (χ1v) is 10.9. The molecule has 2 aromatic carbocycles. The Morgan fingerprint density at radius 3 is 2.48 bits per heavy atom. The molecule has 3 aromatic rings. The molecule has 0 saturated heterocycles. The third-order valence-corrected chi connectivity index (χ3v) is 7.04. The lowest BCUT2D eigenvalue weighted by molar-refractivity contribution is 0.566. The summed E-state index contributed by atoms with van der Waals surface area (Å²) >= 11 is 1.18. The van der Waals surface area contributed by atoms with E-state index in [1.165, 1.54) is 28.5 Å². The van der Waals surface area contributed by atoms with E-state index in [0.717, 1.165) is 17.7 Å². The molecule has 1 heterocycles. The van der Waals surface area contributed by atoms with E-state index in [9.17, 15) is 17.6 Å². The molecule has 0 spiro atoms. The normalized spacial score (nSPS) is 12.8. The second kappa shape index (κ2) is 8.10. The largest absolute Gasteiger partial charge is 0.344 e. The van der Waals surface area contributed by atoms with Crippen molar-refractivity contribution in [3.8, 4) is 0 Å². The number of nitrogens with zero attached hydrogens (tertiary/aromatic N) is 2. The zero-order valence-corrected chi connectivity index (χ0v) is 16.1. The van der Waals surface area contributed by atoms with Gasteiger partial charge in [0.05, 0.1) is 16.7 Å². The summed E-state index contributed by atoms with van der Waals surface area (Å²) in [6, 6.07) is 14.0. The fourth-order valence-electron chi connectivity index (χ4n) is 2.62. The fraction of sp³-hybridized carbons (Fsp3) is 0.222. The number of halogens is 1. The van der Waals surface area contributed by atoms with Crippen LogP contribution in [0.25, 0.3) is 0 Å². The standard InChI is InChI=1S/C18H18FN3O3S2/c1-13(14-5-3-2-4-6-14)22-17(23)20-21-18(22)26-11-12-27(24,25)16-9-7-15(19)8-10-16/h2-10,13H,11-12H2,1H3,(H,20,23). The van der Waals surface area contributed by atoms with Crippen LogP contribution in [0.2, 0.25) is 0 Å². The number of aromatic nitrogens is 3. The minimum Gasteiger partial charge on any atom is -0.263 e. The Labute approximate surface area is 160 Å². The van der Waals surface area contributed by atoms with Crippen molar-refractivity contribution in [2.24, 2.45) is 0 Å². The van der Waals surface area contributed by atoms with Gasteiger partial charge in [0, 0.05) is 5.75 Å². The predicted molar refractivity (Wildman–Crippen MR) is 102 cm³/mol. The quantitative estimate of drug-likeness (QED) is 0.481. The summed E-state index contributed by atoms with van der Waals surface area (Å²) in [6.07, 6.45) is 0. The zero-order chi connectivity index (χ0) is 19.4. The third kappa shape index (κ3) is 4.48. The summed E-state index contributed by atoms with van der Waals surface area (Å²) < 4.78 is 39.2. The van der Waals surface area contributed by atoms with Crippen molar-refractivity contribution < 1.29 is 12.8 Å². The molecule has 0 amide bonds. The van der Waals surface area contributed by atoms with Crippen molar-refractivity contribution in [2.75, 3.05) is 11.5 Å². The summed E-state index contributed by atoms with van der Waals surface area (Å²) in [5.41, 5.74) is 0.594. The number of rotatable bonds is 7. The molecule has 0 aliphatic rings. The van der Waals surface area contributed by atoms with Crippen molar-refractivity contribution in [2.45, 2.75) is 23.0 Å². The number of benzene rings is 2. The topological polar surface area (TPSA) is 84.8 Å². The van der Waals surface area contributed by atoms with Gasteiger partial charge in [0.2, 0.25) is 0 Å². The molecule has 9 heteroatoms. The van der Waals surface area contributed by atoms with Gasteiger partial charge in [-0.25, -0.2) is 22.7 Å². The Morgan fingerprint density at radius 2 is 1.81 bits per heavy atom. The van der Waals surface area contributed by atoms with Gasteiger partial charge in [-0.15, -0.1) is 5.10 Å². The first kappa shape index (κ1) is 19.4. The minimum absolute atomic E-state index is 0.0709. The molecule has 1 atom stereocenters. The molecule has 0 fully saturated rings. The number of thioether (sulfide) groups is 1. The monoisotopic (exact) mass is 407 g/mol. The molecule has 1 unspecified atom stereocenters. The van der Waals surface area contributed by atoms with E-state index in [2.05, 4.69) is 10.2 Å². The van der Waals surface area contributed by atoms with Crippen LogP contribution in [-0.2, 0) is 9.84 Å². The van der Waals surface area contributed by atoms with Crippen LogP contribution in [0.4, 0.5) is 4.39 Å². The van der Waals surface area contributed by atoms with Gasteiger partial charge >= 0.3 is 5.69 Å². The van der Waals surface area contributed by atoms with Crippen LogP contribution in [0.3, 0.4) is 0 Å². The predicted octanol–water partition coefficient (Wildman–Crippen LogP) is 2.89. The summed E-state index contributed by atoms with van der Waals surface area (Å²) in [6.45, 7) is 1.88. The number of aromatic amines is 1. The third-order valence-electron chi connectivity index (χ3n) is 4.10. The molecule has 0 saturated carbocycles. The average Bonchev–Trinajstić information content (AvgIpc) is 3.02. The maximum absolute atomic E-state index is 13.0. The molecule has 6 nitrogen and oxygen atoms in total. The molecule has 0 radical (unpaired) electrons. The smallest absolute Gasteiger partial charge is 0.263 e. The second-order valence-corrected chi connectivity index (χ2v) is 9.06. The van der Waals surface area contributed by atoms with Crippen molar-refractivity contribution in [1.29, 1.82) is 0 Å². The van der Waals surface area contributed by atoms with Gasteiger partial charge in [-0.05, 0) is 36.8 Å². The number of nitrogens with one attached hydrogen (secondary N) is 1. The molecule has 27 heavy (non-hydrogen) atoms. The molecule has 0 aliphatic carbocycles. The first-order chi connectivity index (χ1) is 12.9. The number of H-pyrrole nitrogens is 1. The molecule has 142 valence electrons. The van der Waals surface area contributed by atoms with E-state index in [0.29, 0.717) is 5.16 Å². The van der Waals surface area contributed by atoms with Gasteiger partial charge in [0.15, 0.2) is 15.0 Å². The summed E-state index contributed by atoms with van der Waals surface area (Å²) in [7, 11) is -3.54. The van der Waals surface area contributed by atoms with E-state index in [1.54, 1.807) is 0 Å². The van der Waals surface area contributed by atoms with Crippen LogP contribution in [0.15, 0.2) is 69.4 Å². The molecule has 0 aliphatic heterocycles. The van der Waals surface area contributed by atoms with Crippen LogP contribution in [-0.4, -0.2) is 34.7 Å². The van der Waals surface area contributed by atoms with Gasteiger partial charge in [-0.2, -0.15) is 0 Å². The maximum atomic E-state index is 13.0. The van der Waals surface area contributed by atoms with E-state index >= 15 is 0 Å². The number of hydrogen-bond acceptors (Lipinski definition) is 5. The molecule has 1 N–H and O–H groups in total. The lowest BCUT2D eigenvalue weighted by atomic mass is 10.1. The van der Waals surface area contributed by atoms with Crippen molar-refractivity contribution in [1.82, 2.24) is 14.8 Å². The van der Waals surface area contributed by atoms with E-state index in [4.69, 9.17) is 0 Å².